The Morgan fingerprint density at radius 3 is 2.12 bits per heavy atom. The summed E-state index contributed by atoms with van der Waals surface area (Å²) in [5, 5.41) is 9.47. The Labute approximate surface area is 147 Å². The predicted octanol–water partition coefficient (Wildman–Crippen LogP) is 3.64. The maximum atomic E-state index is 12.3. The lowest BCUT2D eigenvalue weighted by Crippen LogP contribution is -2.27. The van der Waals surface area contributed by atoms with E-state index in [4.69, 9.17) is 17.0 Å². The number of nitrogens with one attached hydrogen (secondary N) is 3. The highest BCUT2D eigenvalue weighted by Crippen LogP contribution is 2.17. The summed E-state index contributed by atoms with van der Waals surface area (Å²) in [5.74, 6) is 0.613. The lowest BCUT2D eigenvalue weighted by Gasteiger charge is -2.10. The maximum absolute atomic E-state index is 12.3. The molecule has 24 heavy (non-hydrogen) atoms. The van der Waals surface area contributed by atoms with Crippen LogP contribution in [0.2, 0.25) is 0 Å². The minimum absolute atomic E-state index is 0.167. The topological polar surface area (TPSA) is 62.4 Å². The molecule has 0 aromatic heterocycles. The quantitative estimate of drug-likeness (QED) is 0.699. The molecule has 0 fully saturated rings. The van der Waals surface area contributed by atoms with Gasteiger partial charge < -0.3 is 20.7 Å². The van der Waals surface area contributed by atoms with Gasteiger partial charge in [-0.05, 0) is 74.6 Å². The molecule has 0 atom stereocenters. The summed E-state index contributed by atoms with van der Waals surface area (Å²) >= 11 is 5.12. The third-order valence-electron chi connectivity index (χ3n) is 3.17. The van der Waals surface area contributed by atoms with E-state index in [2.05, 4.69) is 16.0 Å². The van der Waals surface area contributed by atoms with Crippen molar-refractivity contribution in [2.45, 2.75) is 13.8 Å². The second-order valence-electron chi connectivity index (χ2n) is 4.97. The third-order valence-corrected chi connectivity index (χ3v) is 3.41. The van der Waals surface area contributed by atoms with Crippen LogP contribution in [0.25, 0.3) is 0 Å². The van der Waals surface area contributed by atoms with Gasteiger partial charge >= 0.3 is 0 Å². The van der Waals surface area contributed by atoms with Crippen LogP contribution >= 0.6 is 12.2 Å². The summed E-state index contributed by atoms with van der Waals surface area (Å²) in [7, 11) is 0. The van der Waals surface area contributed by atoms with Gasteiger partial charge in [0.05, 0.1) is 6.61 Å². The van der Waals surface area contributed by atoms with Crippen LogP contribution in [0.3, 0.4) is 0 Å². The van der Waals surface area contributed by atoms with Crippen LogP contribution in [0.15, 0.2) is 48.5 Å². The van der Waals surface area contributed by atoms with Crippen LogP contribution in [0.1, 0.15) is 24.2 Å². The van der Waals surface area contributed by atoms with Gasteiger partial charge in [-0.25, -0.2) is 0 Å². The molecule has 1 amide bonds. The number of hydrogen-bond donors (Lipinski definition) is 3. The first-order chi connectivity index (χ1) is 11.6. The maximum Gasteiger partial charge on any atom is 0.255 e. The van der Waals surface area contributed by atoms with E-state index in [9.17, 15) is 4.79 Å². The summed E-state index contributed by atoms with van der Waals surface area (Å²) in [6.07, 6.45) is 0. The first-order valence-corrected chi connectivity index (χ1v) is 8.22. The molecule has 0 unspecified atom stereocenters. The van der Waals surface area contributed by atoms with Gasteiger partial charge in [-0.3, -0.25) is 4.79 Å². The van der Waals surface area contributed by atoms with E-state index >= 15 is 0 Å². The summed E-state index contributed by atoms with van der Waals surface area (Å²) in [6, 6.07) is 14.4. The van der Waals surface area contributed by atoms with Gasteiger partial charge in [0, 0.05) is 23.5 Å². The number of carbonyl (C=O) groups is 1. The van der Waals surface area contributed by atoms with Crippen LogP contribution in [0.5, 0.6) is 5.75 Å². The molecule has 5 nitrogen and oxygen atoms in total. The SMILES string of the molecule is CCNC(=S)Nc1ccc(C(=O)Nc2ccc(OCC)cc2)cc1. The minimum atomic E-state index is -0.167. The molecule has 0 aliphatic carbocycles. The predicted molar refractivity (Wildman–Crippen MR) is 102 cm³/mol. The lowest BCUT2D eigenvalue weighted by atomic mass is 10.2. The number of hydrogen-bond acceptors (Lipinski definition) is 3. The van der Waals surface area contributed by atoms with Gasteiger partial charge in [0.2, 0.25) is 0 Å². The smallest absolute Gasteiger partial charge is 0.255 e. The van der Waals surface area contributed by atoms with Crippen LogP contribution in [0, 0.1) is 0 Å². The number of amides is 1. The average Bonchev–Trinajstić information content (AvgIpc) is 2.57. The first-order valence-electron chi connectivity index (χ1n) is 7.81. The molecule has 0 heterocycles. The van der Waals surface area contributed by atoms with E-state index in [-0.39, 0.29) is 5.91 Å². The van der Waals surface area contributed by atoms with E-state index in [0.717, 1.165) is 23.7 Å². The van der Waals surface area contributed by atoms with Crippen molar-refractivity contribution in [2.75, 3.05) is 23.8 Å². The third kappa shape index (κ3) is 5.24. The van der Waals surface area contributed by atoms with Crippen molar-refractivity contribution < 1.29 is 9.53 Å². The summed E-state index contributed by atoms with van der Waals surface area (Å²) in [5.41, 5.74) is 2.13. The zero-order valence-electron chi connectivity index (χ0n) is 13.8. The van der Waals surface area contributed by atoms with Crippen molar-refractivity contribution in [2.24, 2.45) is 0 Å². The molecular formula is C18H21N3O2S. The molecule has 126 valence electrons. The Balaban J connectivity index is 1.95. The molecule has 0 radical (unpaired) electrons. The molecule has 3 N–H and O–H groups in total. The number of carbonyl (C=O) groups excluding carboxylic acids is 1. The van der Waals surface area contributed by atoms with Gasteiger partial charge in [-0.15, -0.1) is 0 Å². The second-order valence-corrected chi connectivity index (χ2v) is 5.38. The zero-order chi connectivity index (χ0) is 17.4. The van der Waals surface area contributed by atoms with E-state index in [0.29, 0.717) is 17.3 Å². The average molecular weight is 343 g/mol. The van der Waals surface area contributed by atoms with Crippen molar-refractivity contribution in [3.05, 3.63) is 54.1 Å². The molecule has 0 aliphatic heterocycles. The van der Waals surface area contributed by atoms with Crippen LogP contribution < -0.4 is 20.7 Å². The molecule has 0 bridgehead atoms. The molecule has 0 aliphatic rings. The molecule has 2 rings (SSSR count). The van der Waals surface area contributed by atoms with Crippen LogP contribution in [-0.2, 0) is 0 Å². The fourth-order valence-electron chi connectivity index (χ4n) is 2.05. The lowest BCUT2D eigenvalue weighted by molar-refractivity contribution is 0.102. The number of thiocarbonyl (C=S) groups is 1. The van der Waals surface area contributed by atoms with Crippen LogP contribution in [0.4, 0.5) is 11.4 Å². The van der Waals surface area contributed by atoms with Gasteiger partial charge in [0.25, 0.3) is 5.91 Å². The number of rotatable bonds is 6. The second kappa shape index (κ2) is 8.88. The monoisotopic (exact) mass is 343 g/mol. The Bertz CT molecular complexity index is 684. The molecule has 6 heteroatoms. The highest BCUT2D eigenvalue weighted by atomic mass is 32.1. The largest absolute Gasteiger partial charge is 0.494 e. The van der Waals surface area contributed by atoms with Crippen molar-refractivity contribution >= 4 is 34.6 Å². The highest BCUT2D eigenvalue weighted by molar-refractivity contribution is 7.80. The fourth-order valence-corrected chi connectivity index (χ4v) is 2.31. The van der Waals surface area contributed by atoms with Gasteiger partial charge in [-0.1, -0.05) is 0 Å². The van der Waals surface area contributed by atoms with Gasteiger partial charge in [-0.2, -0.15) is 0 Å². The van der Waals surface area contributed by atoms with Crippen LogP contribution in [-0.4, -0.2) is 24.2 Å². The normalized spacial score (nSPS) is 9.92. The van der Waals surface area contributed by atoms with E-state index in [1.807, 2.05) is 50.2 Å². The summed E-state index contributed by atoms with van der Waals surface area (Å²) in [4.78, 5) is 12.3. The van der Waals surface area contributed by atoms with Crippen molar-refractivity contribution in [1.29, 1.82) is 0 Å². The van der Waals surface area contributed by atoms with E-state index in [1.54, 1.807) is 12.1 Å². The Morgan fingerprint density at radius 1 is 0.958 bits per heavy atom. The molecular weight excluding hydrogens is 322 g/mol. The molecule has 0 spiro atoms. The Hall–Kier alpha value is -2.60. The van der Waals surface area contributed by atoms with E-state index < -0.39 is 0 Å². The zero-order valence-corrected chi connectivity index (χ0v) is 14.6. The molecule has 0 saturated carbocycles. The molecule has 2 aromatic carbocycles. The van der Waals surface area contributed by atoms with E-state index in [1.165, 1.54) is 0 Å². The molecule has 2 aromatic rings. The standard InChI is InChI=1S/C18H21N3O2S/c1-3-19-18(24)21-15-7-5-13(6-8-15)17(22)20-14-9-11-16(12-10-14)23-4-2/h5-12H,3-4H2,1-2H3,(H,20,22)(H2,19,21,24). The number of benzene rings is 2. The number of anilines is 2. The molecule has 0 saturated heterocycles. The fraction of sp³-hybridized carbons (Fsp3) is 0.222. The number of ether oxygens (including phenoxy) is 1. The Kier molecular flexibility index (Phi) is 6.57. The first kappa shape index (κ1) is 17.7. The summed E-state index contributed by atoms with van der Waals surface area (Å²) in [6.45, 7) is 5.28. The van der Waals surface area contributed by atoms with Crippen molar-refractivity contribution in [1.82, 2.24) is 5.32 Å². The highest BCUT2D eigenvalue weighted by Gasteiger charge is 2.06. The minimum Gasteiger partial charge on any atom is -0.494 e. The van der Waals surface area contributed by atoms with Crippen molar-refractivity contribution in [3.8, 4) is 5.75 Å². The summed E-state index contributed by atoms with van der Waals surface area (Å²) < 4.78 is 5.38. The van der Waals surface area contributed by atoms with Crippen molar-refractivity contribution in [3.63, 3.8) is 0 Å². The Morgan fingerprint density at radius 2 is 1.54 bits per heavy atom. The van der Waals surface area contributed by atoms with Gasteiger partial charge in [0.1, 0.15) is 5.75 Å². The van der Waals surface area contributed by atoms with Gasteiger partial charge in [0.15, 0.2) is 5.11 Å².